The van der Waals surface area contributed by atoms with Gasteiger partial charge in [0.25, 0.3) is 0 Å². The molecule has 2 N–H and O–H groups in total. The van der Waals surface area contributed by atoms with Gasteiger partial charge in [-0.15, -0.1) is 11.3 Å². The van der Waals surface area contributed by atoms with Gasteiger partial charge in [0.1, 0.15) is 5.75 Å². The average molecular weight is 251 g/mol. The lowest BCUT2D eigenvalue weighted by atomic mass is 9.84. The van der Waals surface area contributed by atoms with Gasteiger partial charge in [0, 0.05) is 16.3 Å². The molecule has 2 aliphatic carbocycles. The molecule has 1 aromatic rings. The van der Waals surface area contributed by atoms with Gasteiger partial charge in [0.15, 0.2) is 0 Å². The van der Waals surface area contributed by atoms with Crippen LogP contribution in [0.25, 0.3) is 0 Å². The normalized spacial score (nSPS) is 32.9. The molecule has 0 spiro atoms. The van der Waals surface area contributed by atoms with E-state index in [4.69, 9.17) is 10.5 Å². The van der Waals surface area contributed by atoms with Gasteiger partial charge in [0.2, 0.25) is 0 Å². The van der Waals surface area contributed by atoms with Crippen LogP contribution in [0, 0.1) is 17.8 Å². The summed E-state index contributed by atoms with van der Waals surface area (Å²) < 4.78 is 5.22. The van der Waals surface area contributed by atoms with Gasteiger partial charge in [0.05, 0.1) is 7.11 Å². The first-order valence-corrected chi connectivity index (χ1v) is 7.52. The van der Waals surface area contributed by atoms with Crippen LogP contribution in [0.5, 0.6) is 5.75 Å². The predicted molar refractivity (Wildman–Crippen MR) is 71.4 cm³/mol. The maximum atomic E-state index is 6.33. The zero-order valence-corrected chi connectivity index (χ0v) is 11.2. The molecule has 2 aliphatic rings. The van der Waals surface area contributed by atoms with Crippen LogP contribution in [0.2, 0.25) is 0 Å². The molecule has 0 aliphatic heterocycles. The van der Waals surface area contributed by atoms with Crippen LogP contribution in [0.4, 0.5) is 0 Å². The van der Waals surface area contributed by atoms with Crippen LogP contribution >= 0.6 is 11.3 Å². The summed E-state index contributed by atoms with van der Waals surface area (Å²) in [6, 6.07) is 2.32. The molecule has 2 bridgehead atoms. The van der Waals surface area contributed by atoms with Crippen LogP contribution in [0.1, 0.15) is 43.0 Å². The lowest BCUT2D eigenvalue weighted by molar-refractivity contribution is 0.297. The van der Waals surface area contributed by atoms with Gasteiger partial charge in [-0.25, -0.2) is 0 Å². The van der Waals surface area contributed by atoms with Gasteiger partial charge in [-0.1, -0.05) is 6.42 Å². The Morgan fingerprint density at radius 2 is 2.35 bits per heavy atom. The summed E-state index contributed by atoms with van der Waals surface area (Å²) in [6.07, 6.45) is 7.01. The lowest BCUT2D eigenvalue weighted by Crippen LogP contribution is -2.18. The van der Waals surface area contributed by atoms with E-state index < -0.39 is 0 Å². The first kappa shape index (κ1) is 11.5. The Bertz CT molecular complexity index is 389. The lowest BCUT2D eigenvalue weighted by Gasteiger charge is -2.24. The van der Waals surface area contributed by atoms with E-state index in [0.717, 1.165) is 23.5 Å². The summed E-state index contributed by atoms with van der Waals surface area (Å²) in [4.78, 5) is 1.28. The van der Waals surface area contributed by atoms with E-state index in [0.29, 0.717) is 0 Å². The molecule has 0 radical (unpaired) electrons. The van der Waals surface area contributed by atoms with Crippen LogP contribution in [0.3, 0.4) is 0 Å². The second kappa shape index (κ2) is 4.62. The number of hydrogen-bond acceptors (Lipinski definition) is 3. The first-order valence-electron chi connectivity index (χ1n) is 6.64. The molecule has 0 saturated heterocycles. The van der Waals surface area contributed by atoms with Crippen molar-refractivity contribution in [3.63, 3.8) is 0 Å². The smallest absolute Gasteiger partial charge is 0.129 e. The Morgan fingerprint density at radius 1 is 1.47 bits per heavy atom. The SMILES string of the molecule is COc1csc(C(N)CC2CC3CCC2C3)c1. The van der Waals surface area contributed by atoms with Gasteiger partial charge >= 0.3 is 0 Å². The molecule has 4 atom stereocenters. The molecule has 1 aromatic heterocycles. The first-order chi connectivity index (χ1) is 8.26. The highest BCUT2D eigenvalue weighted by Gasteiger charge is 2.39. The minimum absolute atomic E-state index is 0.216. The van der Waals surface area contributed by atoms with Crippen molar-refractivity contribution in [3.05, 3.63) is 16.3 Å². The van der Waals surface area contributed by atoms with E-state index in [-0.39, 0.29) is 6.04 Å². The molecular weight excluding hydrogens is 230 g/mol. The van der Waals surface area contributed by atoms with E-state index in [1.807, 2.05) is 0 Å². The Hall–Kier alpha value is -0.540. The molecule has 4 unspecified atom stereocenters. The standard InChI is InChI=1S/C14H21NOS/c1-16-12-7-14(17-8-12)13(15)6-11-5-9-2-3-10(11)4-9/h7-11,13H,2-6,15H2,1H3. The van der Waals surface area contributed by atoms with Crippen LogP contribution in [-0.4, -0.2) is 7.11 Å². The van der Waals surface area contributed by atoms with Crippen LogP contribution in [-0.2, 0) is 0 Å². The van der Waals surface area contributed by atoms with Crippen molar-refractivity contribution in [2.45, 2.75) is 38.1 Å². The molecule has 2 saturated carbocycles. The molecule has 0 amide bonds. The maximum Gasteiger partial charge on any atom is 0.129 e. The number of nitrogens with two attached hydrogens (primary N) is 1. The molecule has 2 nitrogen and oxygen atoms in total. The molecule has 1 heterocycles. The van der Waals surface area contributed by atoms with Gasteiger partial charge < -0.3 is 10.5 Å². The summed E-state index contributed by atoms with van der Waals surface area (Å²) in [5, 5.41) is 2.05. The van der Waals surface area contributed by atoms with E-state index in [2.05, 4.69) is 11.4 Å². The summed E-state index contributed by atoms with van der Waals surface area (Å²) in [5.41, 5.74) is 6.33. The van der Waals surface area contributed by atoms with E-state index in [1.54, 1.807) is 18.4 Å². The Labute approximate surface area is 107 Å². The molecule has 3 rings (SSSR count). The molecule has 2 fully saturated rings. The fourth-order valence-electron chi connectivity index (χ4n) is 3.74. The van der Waals surface area contributed by atoms with Gasteiger partial charge in [-0.05, 0) is 49.5 Å². The maximum absolute atomic E-state index is 6.33. The third-order valence-corrected chi connectivity index (χ3v) is 5.68. The third-order valence-electron chi connectivity index (χ3n) is 4.64. The monoisotopic (exact) mass is 251 g/mol. The third kappa shape index (κ3) is 2.23. The Balaban J connectivity index is 1.61. The van der Waals surface area contributed by atoms with Crippen molar-refractivity contribution in [1.29, 1.82) is 0 Å². The van der Waals surface area contributed by atoms with E-state index in [9.17, 15) is 0 Å². The zero-order chi connectivity index (χ0) is 11.8. The number of methoxy groups -OCH3 is 1. The Morgan fingerprint density at radius 3 is 2.94 bits per heavy atom. The fraction of sp³-hybridized carbons (Fsp3) is 0.714. The average Bonchev–Trinajstić information content (AvgIpc) is 3.04. The summed E-state index contributed by atoms with van der Waals surface area (Å²) in [5.74, 6) is 3.84. The van der Waals surface area contributed by atoms with Crippen LogP contribution < -0.4 is 10.5 Å². The van der Waals surface area contributed by atoms with Crippen molar-refractivity contribution in [3.8, 4) is 5.75 Å². The number of rotatable bonds is 4. The second-order valence-corrected chi connectivity index (χ2v) is 6.61. The van der Waals surface area contributed by atoms with Gasteiger partial charge in [-0.3, -0.25) is 0 Å². The molecule has 0 aromatic carbocycles. The molecular formula is C14H21NOS. The summed E-state index contributed by atoms with van der Waals surface area (Å²) >= 11 is 1.74. The highest BCUT2D eigenvalue weighted by atomic mass is 32.1. The van der Waals surface area contributed by atoms with E-state index >= 15 is 0 Å². The number of fused-ring (bicyclic) bond motifs is 2. The van der Waals surface area contributed by atoms with Gasteiger partial charge in [-0.2, -0.15) is 0 Å². The summed E-state index contributed by atoms with van der Waals surface area (Å²) in [6.45, 7) is 0. The van der Waals surface area contributed by atoms with Crippen molar-refractivity contribution in [2.75, 3.05) is 7.11 Å². The highest BCUT2D eigenvalue weighted by molar-refractivity contribution is 7.10. The molecule has 94 valence electrons. The minimum Gasteiger partial charge on any atom is -0.496 e. The summed E-state index contributed by atoms with van der Waals surface area (Å²) in [7, 11) is 1.72. The quantitative estimate of drug-likeness (QED) is 0.887. The van der Waals surface area contributed by atoms with Crippen molar-refractivity contribution in [2.24, 2.45) is 23.5 Å². The largest absolute Gasteiger partial charge is 0.496 e. The second-order valence-electron chi connectivity index (χ2n) is 5.67. The number of thiophene rings is 1. The van der Waals surface area contributed by atoms with E-state index in [1.165, 1.54) is 37.0 Å². The number of ether oxygens (including phenoxy) is 1. The van der Waals surface area contributed by atoms with Crippen LogP contribution in [0.15, 0.2) is 11.4 Å². The number of hydrogen-bond donors (Lipinski definition) is 1. The minimum atomic E-state index is 0.216. The molecule has 3 heteroatoms. The van der Waals surface area contributed by atoms with Crippen molar-refractivity contribution < 1.29 is 4.74 Å². The molecule has 17 heavy (non-hydrogen) atoms. The van der Waals surface area contributed by atoms with Crippen molar-refractivity contribution >= 4 is 11.3 Å². The fourth-order valence-corrected chi connectivity index (χ4v) is 4.62. The topological polar surface area (TPSA) is 35.2 Å². The highest BCUT2D eigenvalue weighted by Crippen LogP contribution is 2.50. The van der Waals surface area contributed by atoms with Crippen molar-refractivity contribution in [1.82, 2.24) is 0 Å². The predicted octanol–water partition coefficient (Wildman–Crippen LogP) is 3.58. The zero-order valence-electron chi connectivity index (χ0n) is 10.4. The Kier molecular flexibility index (Phi) is 3.14.